The van der Waals surface area contributed by atoms with Crippen molar-refractivity contribution in [3.63, 3.8) is 0 Å². The minimum atomic E-state index is -4.45. The molecule has 15 heavy (non-hydrogen) atoms. The van der Waals surface area contributed by atoms with Crippen LogP contribution in [0.5, 0.6) is 0 Å². The third-order valence-corrected chi connectivity index (χ3v) is 1.95. The lowest BCUT2D eigenvalue weighted by Crippen LogP contribution is -2.28. The van der Waals surface area contributed by atoms with Crippen LogP contribution in [0.3, 0.4) is 0 Å². The Kier molecular flexibility index (Phi) is 3.32. The minimum Gasteiger partial charge on any atom is -0.316 e. The molecule has 5 heteroatoms. The molecule has 0 saturated heterocycles. The molecule has 0 spiro atoms. The van der Waals surface area contributed by atoms with Crippen molar-refractivity contribution >= 4 is 0 Å². The van der Waals surface area contributed by atoms with Crippen LogP contribution in [-0.2, 0) is 6.42 Å². The fourth-order valence-corrected chi connectivity index (χ4v) is 1.18. The zero-order valence-electron chi connectivity index (χ0n) is 7.75. The number of nitriles is 1. The summed E-state index contributed by atoms with van der Waals surface area (Å²) >= 11 is 0. The Labute approximate surface area is 85.1 Å². The zero-order valence-corrected chi connectivity index (χ0v) is 7.75. The van der Waals surface area contributed by atoms with Crippen LogP contribution in [0.1, 0.15) is 17.2 Å². The van der Waals surface area contributed by atoms with Crippen LogP contribution in [0.15, 0.2) is 24.3 Å². The molecule has 2 N–H and O–H groups in total. The summed E-state index contributed by atoms with van der Waals surface area (Å²) in [5.41, 5.74) is 5.55. The maximum atomic E-state index is 12.3. The van der Waals surface area contributed by atoms with Crippen molar-refractivity contribution in [2.45, 2.75) is 18.6 Å². The summed E-state index contributed by atoms with van der Waals surface area (Å²) < 4.78 is 36.8. The first kappa shape index (κ1) is 11.5. The highest BCUT2D eigenvalue weighted by molar-refractivity contribution is 5.28. The van der Waals surface area contributed by atoms with Gasteiger partial charge in [0.2, 0.25) is 0 Å². The number of nitrogens with two attached hydrogens (primary N) is 1. The number of rotatable bonds is 2. The summed E-state index contributed by atoms with van der Waals surface area (Å²) in [6, 6.07) is 5.55. The Hall–Kier alpha value is -1.54. The highest BCUT2D eigenvalue weighted by Gasteiger charge is 2.37. The first-order valence-electron chi connectivity index (χ1n) is 4.23. The van der Waals surface area contributed by atoms with Gasteiger partial charge in [0, 0.05) is 0 Å². The number of benzene rings is 1. The quantitative estimate of drug-likeness (QED) is 0.821. The molecule has 2 nitrogen and oxygen atoms in total. The van der Waals surface area contributed by atoms with E-state index in [9.17, 15) is 13.2 Å². The monoisotopic (exact) mass is 214 g/mol. The van der Waals surface area contributed by atoms with Gasteiger partial charge in [0.15, 0.2) is 0 Å². The van der Waals surface area contributed by atoms with E-state index in [2.05, 4.69) is 0 Å². The second-order valence-corrected chi connectivity index (χ2v) is 3.10. The summed E-state index contributed by atoms with van der Waals surface area (Å²) in [5, 5.41) is 8.41. The molecule has 0 radical (unpaired) electrons. The molecule has 1 rings (SSSR count). The summed E-state index contributed by atoms with van der Waals surface area (Å²) in [6.07, 6.45) is -4.37. The van der Waals surface area contributed by atoms with Gasteiger partial charge in [-0.25, -0.2) is 0 Å². The van der Waals surface area contributed by atoms with Crippen molar-refractivity contribution in [3.8, 4) is 6.07 Å². The molecule has 80 valence electrons. The SMILES string of the molecule is N#CCc1cccc([C@H](N)C(F)(F)F)c1. The largest absolute Gasteiger partial charge is 0.407 e. The van der Waals surface area contributed by atoms with Gasteiger partial charge < -0.3 is 5.73 Å². The van der Waals surface area contributed by atoms with Gasteiger partial charge in [-0.2, -0.15) is 18.4 Å². The standard InChI is InChI=1S/C10H9F3N2/c11-10(12,13)9(15)8-3-1-2-7(6-8)4-5-14/h1-3,6,9H,4,15H2/t9-/m0/s1. The van der Waals surface area contributed by atoms with Gasteiger partial charge in [0.05, 0.1) is 12.5 Å². The van der Waals surface area contributed by atoms with Gasteiger partial charge in [-0.15, -0.1) is 0 Å². The maximum absolute atomic E-state index is 12.3. The lowest BCUT2D eigenvalue weighted by molar-refractivity contribution is -0.149. The molecule has 1 atom stereocenters. The molecule has 0 aliphatic carbocycles. The van der Waals surface area contributed by atoms with E-state index >= 15 is 0 Å². The molecule has 0 saturated carbocycles. The van der Waals surface area contributed by atoms with Crippen LogP contribution in [0.4, 0.5) is 13.2 Å². The average Bonchev–Trinajstić information content (AvgIpc) is 2.16. The fourth-order valence-electron chi connectivity index (χ4n) is 1.18. The molecule has 0 fully saturated rings. The van der Waals surface area contributed by atoms with Gasteiger partial charge in [0.1, 0.15) is 6.04 Å². The Bertz CT molecular complexity index is 379. The normalized spacial score (nSPS) is 13.3. The van der Waals surface area contributed by atoms with Crippen LogP contribution in [0, 0.1) is 11.3 Å². The summed E-state index contributed by atoms with van der Waals surface area (Å²) in [6.45, 7) is 0. The number of nitrogens with zero attached hydrogens (tertiary/aromatic N) is 1. The van der Waals surface area contributed by atoms with Crippen molar-refractivity contribution in [1.82, 2.24) is 0 Å². The number of hydrogen-bond acceptors (Lipinski definition) is 2. The Morgan fingerprint density at radius 2 is 2.07 bits per heavy atom. The molecule has 0 unspecified atom stereocenters. The Morgan fingerprint density at radius 3 is 2.60 bits per heavy atom. The van der Waals surface area contributed by atoms with E-state index in [0.29, 0.717) is 5.56 Å². The molecular weight excluding hydrogens is 205 g/mol. The van der Waals surface area contributed by atoms with Crippen LogP contribution in [-0.4, -0.2) is 6.18 Å². The highest BCUT2D eigenvalue weighted by atomic mass is 19.4. The van der Waals surface area contributed by atoms with Crippen LogP contribution in [0.25, 0.3) is 0 Å². The van der Waals surface area contributed by atoms with Crippen LogP contribution >= 0.6 is 0 Å². The summed E-state index contributed by atoms with van der Waals surface area (Å²) in [4.78, 5) is 0. The van der Waals surface area contributed by atoms with E-state index in [1.54, 1.807) is 6.07 Å². The van der Waals surface area contributed by atoms with Gasteiger partial charge in [-0.1, -0.05) is 24.3 Å². The van der Waals surface area contributed by atoms with E-state index in [0.717, 1.165) is 0 Å². The van der Waals surface area contributed by atoms with Gasteiger partial charge in [-0.05, 0) is 11.1 Å². The van der Waals surface area contributed by atoms with Crippen molar-refractivity contribution in [2.75, 3.05) is 0 Å². The van der Waals surface area contributed by atoms with Gasteiger partial charge >= 0.3 is 6.18 Å². The molecule has 0 aliphatic heterocycles. The molecule has 1 aromatic rings. The molecule has 0 amide bonds. The predicted molar refractivity (Wildman–Crippen MR) is 48.7 cm³/mol. The molecular formula is C10H9F3N2. The van der Waals surface area contributed by atoms with Crippen molar-refractivity contribution < 1.29 is 13.2 Å². The van der Waals surface area contributed by atoms with Crippen molar-refractivity contribution in [1.29, 1.82) is 5.26 Å². The van der Waals surface area contributed by atoms with Crippen LogP contribution < -0.4 is 5.73 Å². The van der Waals surface area contributed by atoms with Crippen molar-refractivity contribution in [3.05, 3.63) is 35.4 Å². The lowest BCUT2D eigenvalue weighted by Gasteiger charge is -2.16. The first-order valence-corrected chi connectivity index (χ1v) is 4.23. The number of alkyl halides is 3. The zero-order chi connectivity index (χ0) is 11.5. The lowest BCUT2D eigenvalue weighted by atomic mass is 10.0. The number of hydrogen-bond donors (Lipinski definition) is 1. The van der Waals surface area contributed by atoms with E-state index in [4.69, 9.17) is 11.0 Å². The third kappa shape index (κ3) is 2.96. The first-order chi connectivity index (χ1) is 6.95. The summed E-state index contributed by atoms with van der Waals surface area (Å²) in [5.74, 6) is 0. The second-order valence-electron chi connectivity index (χ2n) is 3.10. The second kappa shape index (κ2) is 4.32. The van der Waals surface area contributed by atoms with E-state index < -0.39 is 12.2 Å². The molecule has 0 bridgehead atoms. The smallest absolute Gasteiger partial charge is 0.316 e. The third-order valence-electron chi connectivity index (χ3n) is 1.95. The summed E-state index contributed by atoms with van der Waals surface area (Å²) in [7, 11) is 0. The molecule has 1 aromatic carbocycles. The predicted octanol–water partition coefficient (Wildman–Crippen LogP) is 2.31. The van der Waals surface area contributed by atoms with E-state index in [1.807, 2.05) is 6.07 Å². The van der Waals surface area contributed by atoms with Crippen molar-refractivity contribution in [2.24, 2.45) is 5.73 Å². The van der Waals surface area contributed by atoms with Gasteiger partial charge in [-0.3, -0.25) is 0 Å². The molecule has 0 heterocycles. The topological polar surface area (TPSA) is 49.8 Å². The number of halogens is 3. The average molecular weight is 214 g/mol. The minimum absolute atomic E-state index is 0.0183. The maximum Gasteiger partial charge on any atom is 0.407 e. The van der Waals surface area contributed by atoms with E-state index in [1.165, 1.54) is 18.2 Å². The van der Waals surface area contributed by atoms with E-state index in [-0.39, 0.29) is 12.0 Å². The Morgan fingerprint density at radius 1 is 1.40 bits per heavy atom. The Balaban J connectivity index is 2.96. The van der Waals surface area contributed by atoms with Crippen LogP contribution in [0.2, 0.25) is 0 Å². The molecule has 0 aromatic heterocycles. The highest BCUT2D eigenvalue weighted by Crippen LogP contribution is 2.30. The fraction of sp³-hybridized carbons (Fsp3) is 0.300. The molecule has 0 aliphatic rings. The van der Waals surface area contributed by atoms with Gasteiger partial charge in [0.25, 0.3) is 0 Å².